The second-order valence-electron chi connectivity index (χ2n) is 5.01. The third-order valence-corrected chi connectivity index (χ3v) is 4.25. The monoisotopic (exact) mass is 275 g/mol. The summed E-state index contributed by atoms with van der Waals surface area (Å²) in [7, 11) is 0. The fraction of sp³-hybridized carbons (Fsp3) is 0.333. The van der Waals surface area contributed by atoms with Crippen molar-refractivity contribution in [3.05, 3.63) is 47.0 Å². The molecule has 1 aromatic rings. The molecule has 0 N–H and O–H groups in total. The first-order valence-electron chi connectivity index (χ1n) is 6.42. The highest BCUT2D eigenvalue weighted by Crippen LogP contribution is 2.36. The smallest absolute Gasteiger partial charge is 0.233 e. The molecule has 1 fully saturated rings. The van der Waals surface area contributed by atoms with Gasteiger partial charge in [0.05, 0.1) is 18.4 Å². The van der Waals surface area contributed by atoms with Crippen LogP contribution in [0.25, 0.3) is 0 Å². The van der Waals surface area contributed by atoms with E-state index in [1.54, 1.807) is 6.07 Å². The molecule has 1 aromatic carbocycles. The van der Waals surface area contributed by atoms with Gasteiger partial charge in [-0.1, -0.05) is 42.0 Å². The van der Waals surface area contributed by atoms with Gasteiger partial charge >= 0.3 is 0 Å². The molecule has 4 heteroatoms. The van der Waals surface area contributed by atoms with E-state index in [4.69, 9.17) is 11.6 Å². The first-order valence-corrected chi connectivity index (χ1v) is 6.80. The molecule has 98 valence electrons. The van der Waals surface area contributed by atoms with Crippen LogP contribution in [-0.4, -0.2) is 16.7 Å². The van der Waals surface area contributed by atoms with Crippen LogP contribution in [0.15, 0.2) is 36.4 Å². The second-order valence-corrected chi connectivity index (χ2v) is 5.42. The summed E-state index contributed by atoms with van der Waals surface area (Å²) >= 11 is 6.09. The maximum absolute atomic E-state index is 12.3. The summed E-state index contributed by atoms with van der Waals surface area (Å²) in [6.45, 7) is 0.282. The molecule has 3 nitrogen and oxygen atoms in total. The van der Waals surface area contributed by atoms with Crippen molar-refractivity contribution in [2.45, 2.75) is 19.4 Å². The second kappa shape index (κ2) is 4.82. The van der Waals surface area contributed by atoms with Gasteiger partial charge < -0.3 is 0 Å². The van der Waals surface area contributed by atoms with Crippen molar-refractivity contribution in [1.29, 1.82) is 0 Å². The van der Waals surface area contributed by atoms with Crippen molar-refractivity contribution >= 4 is 23.4 Å². The van der Waals surface area contributed by atoms with Crippen molar-refractivity contribution < 1.29 is 9.59 Å². The van der Waals surface area contributed by atoms with E-state index in [9.17, 15) is 9.59 Å². The predicted molar refractivity (Wildman–Crippen MR) is 72.4 cm³/mol. The average Bonchev–Trinajstić information content (AvgIpc) is 2.67. The van der Waals surface area contributed by atoms with Gasteiger partial charge in [0.25, 0.3) is 0 Å². The number of rotatable bonds is 2. The molecule has 0 spiro atoms. The number of imide groups is 1. The van der Waals surface area contributed by atoms with Crippen molar-refractivity contribution in [1.82, 2.24) is 4.90 Å². The van der Waals surface area contributed by atoms with Gasteiger partial charge in [0.15, 0.2) is 0 Å². The molecule has 0 radical (unpaired) electrons. The number of benzene rings is 1. The molecule has 2 amide bonds. The lowest BCUT2D eigenvalue weighted by Gasteiger charge is -2.15. The van der Waals surface area contributed by atoms with E-state index in [1.165, 1.54) is 4.90 Å². The molecule has 2 atom stereocenters. The fourth-order valence-corrected chi connectivity index (χ4v) is 3.02. The molecule has 1 aliphatic heterocycles. The van der Waals surface area contributed by atoms with Gasteiger partial charge in [0.1, 0.15) is 0 Å². The van der Waals surface area contributed by atoms with Gasteiger partial charge in [-0.3, -0.25) is 14.5 Å². The van der Waals surface area contributed by atoms with Gasteiger partial charge in [-0.2, -0.15) is 0 Å². The third-order valence-electron chi connectivity index (χ3n) is 3.89. The lowest BCUT2D eigenvalue weighted by molar-refractivity contribution is -0.140. The molecular formula is C15H14ClNO2. The minimum atomic E-state index is -0.167. The number of carbonyl (C=O) groups is 2. The number of halogens is 1. The molecule has 1 heterocycles. The summed E-state index contributed by atoms with van der Waals surface area (Å²) < 4.78 is 0. The van der Waals surface area contributed by atoms with Crippen molar-refractivity contribution in [2.24, 2.45) is 11.8 Å². The van der Waals surface area contributed by atoms with Gasteiger partial charge in [-0.25, -0.2) is 0 Å². The number of allylic oxidation sites excluding steroid dienone is 2. The molecule has 0 bridgehead atoms. The maximum Gasteiger partial charge on any atom is 0.233 e. The lowest BCUT2D eigenvalue weighted by atomic mass is 9.85. The quantitative estimate of drug-likeness (QED) is 0.615. The van der Waals surface area contributed by atoms with E-state index in [1.807, 2.05) is 30.4 Å². The van der Waals surface area contributed by atoms with Gasteiger partial charge in [-0.05, 0) is 24.5 Å². The van der Waals surface area contributed by atoms with Crippen LogP contribution in [0.3, 0.4) is 0 Å². The highest BCUT2D eigenvalue weighted by atomic mass is 35.5. The number of likely N-dealkylation sites (tertiary alicyclic amines) is 1. The number of fused-ring (bicyclic) bond motifs is 1. The number of nitrogens with zero attached hydrogens (tertiary/aromatic N) is 1. The average molecular weight is 276 g/mol. The summed E-state index contributed by atoms with van der Waals surface area (Å²) in [5, 5.41) is 0.594. The zero-order chi connectivity index (χ0) is 13.4. The minimum Gasteiger partial charge on any atom is -0.278 e. The van der Waals surface area contributed by atoms with E-state index >= 15 is 0 Å². The van der Waals surface area contributed by atoms with Crippen molar-refractivity contribution in [2.75, 3.05) is 0 Å². The molecule has 0 unspecified atom stereocenters. The minimum absolute atomic E-state index is 0.0562. The normalized spacial score (nSPS) is 25.8. The third kappa shape index (κ3) is 2.08. The van der Waals surface area contributed by atoms with Gasteiger partial charge in [0.2, 0.25) is 11.8 Å². The lowest BCUT2D eigenvalue weighted by Crippen LogP contribution is -2.30. The molecule has 19 heavy (non-hydrogen) atoms. The molecule has 3 rings (SSSR count). The Morgan fingerprint density at radius 3 is 2.21 bits per heavy atom. The molecule has 2 aliphatic rings. The summed E-state index contributed by atoms with van der Waals surface area (Å²) in [5.74, 6) is -0.446. The molecule has 1 aliphatic carbocycles. The maximum atomic E-state index is 12.3. The Balaban J connectivity index is 1.85. The largest absolute Gasteiger partial charge is 0.278 e. The standard InChI is InChI=1S/C15H14ClNO2/c16-13-8-4-1-5-10(13)9-17-14(18)11-6-2-3-7-12(11)15(17)19/h1-5,8,11-12H,6-7,9H2/t11-,12-/m1/s1. The van der Waals surface area contributed by atoms with Crippen LogP contribution >= 0.6 is 11.6 Å². The Kier molecular flexibility index (Phi) is 3.15. The first kappa shape index (κ1) is 12.4. The van der Waals surface area contributed by atoms with Crippen molar-refractivity contribution in [3.63, 3.8) is 0 Å². The summed E-state index contributed by atoms with van der Waals surface area (Å²) in [6, 6.07) is 7.32. The highest BCUT2D eigenvalue weighted by molar-refractivity contribution is 6.31. The van der Waals surface area contributed by atoms with Crippen LogP contribution in [0.4, 0.5) is 0 Å². The summed E-state index contributed by atoms with van der Waals surface area (Å²) in [5.41, 5.74) is 0.817. The zero-order valence-corrected chi connectivity index (χ0v) is 11.1. The van der Waals surface area contributed by atoms with E-state index < -0.39 is 0 Å². The topological polar surface area (TPSA) is 37.4 Å². The van der Waals surface area contributed by atoms with Crippen LogP contribution in [0, 0.1) is 11.8 Å². The summed E-state index contributed by atoms with van der Waals surface area (Å²) in [4.78, 5) is 26.0. The Morgan fingerprint density at radius 1 is 1.05 bits per heavy atom. The number of hydrogen-bond acceptors (Lipinski definition) is 2. The van der Waals surface area contributed by atoms with Crippen LogP contribution in [0.5, 0.6) is 0 Å². The van der Waals surface area contributed by atoms with Crippen LogP contribution in [0.2, 0.25) is 5.02 Å². The number of hydrogen-bond donors (Lipinski definition) is 0. The molecular weight excluding hydrogens is 262 g/mol. The Labute approximate surface area is 116 Å². The zero-order valence-electron chi connectivity index (χ0n) is 10.4. The van der Waals surface area contributed by atoms with E-state index in [0.717, 1.165) is 5.56 Å². The van der Waals surface area contributed by atoms with Crippen LogP contribution < -0.4 is 0 Å². The SMILES string of the molecule is O=C1[C@@H]2CC=CC[C@H]2C(=O)N1Cc1ccccc1Cl. The highest BCUT2D eigenvalue weighted by Gasteiger charge is 2.47. The van der Waals surface area contributed by atoms with Gasteiger partial charge in [-0.15, -0.1) is 0 Å². The number of amides is 2. The number of carbonyl (C=O) groups excluding carboxylic acids is 2. The van der Waals surface area contributed by atoms with E-state index in [2.05, 4.69) is 0 Å². The Bertz CT molecular complexity index is 541. The van der Waals surface area contributed by atoms with E-state index in [0.29, 0.717) is 17.9 Å². The molecule has 0 aromatic heterocycles. The Hall–Kier alpha value is -1.61. The summed E-state index contributed by atoms with van der Waals surface area (Å²) in [6.07, 6.45) is 5.33. The molecule has 1 saturated heterocycles. The van der Waals surface area contributed by atoms with E-state index in [-0.39, 0.29) is 30.2 Å². The fourth-order valence-electron chi connectivity index (χ4n) is 2.82. The molecule has 0 saturated carbocycles. The first-order chi connectivity index (χ1) is 9.18. The van der Waals surface area contributed by atoms with Crippen molar-refractivity contribution in [3.8, 4) is 0 Å². The predicted octanol–water partition coefficient (Wildman–Crippen LogP) is 2.79. The van der Waals surface area contributed by atoms with Gasteiger partial charge in [0, 0.05) is 5.02 Å². The van der Waals surface area contributed by atoms with Crippen LogP contribution in [-0.2, 0) is 16.1 Å². The Morgan fingerprint density at radius 2 is 1.63 bits per heavy atom. The van der Waals surface area contributed by atoms with Crippen LogP contribution in [0.1, 0.15) is 18.4 Å².